The fourth-order valence-corrected chi connectivity index (χ4v) is 15.4. The molecule has 452 valence electrons. The molecule has 0 saturated carbocycles. The molecule has 2 aliphatic carbocycles. The summed E-state index contributed by atoms with van der Waals surface area (Å²) in [7, 11) is 0. The second-order valence-electron chi connectivity index (χ2n) is 26.1. The summed E-state index contributed by atoms with van der Waals surface area (Å²) in [6.45, 7) is 9.35. The Labute approximate surface area is 553 Å². The summed E-state index contributed by atoms with van der Waals surface area (Å²) in [4.78, 5) is 22.6. The molecule has 12 aromatic carbocycles. The van der Waals surface area contributed by atoms with Crippen molar-refractivity contribution in [2.75, 3.05) is 0 Å². The van der Waals surface area contributed by atoms with E-state index in [0.29, 0.717) is 5.95 Å². The van der Waals surface area contributed by atoms with Gasteiger partial charge in [-0.15, -0.1) is 0 Å². The van der Waals surface area contributed by atoms with Crippen LogP contribution in [-0.2, 0) is 10.8 Å². The van der Waals surface area contributed by atoms with Gasteiger partial charge in [0.25, 0.3) is 0 Å². The van der Waals surface area contributed by atoms with E-state index in [1.54, 1.807) is 0 Å². The van der Waals surface area contributed by atoms with Crippen LogP contribution in [0.2, 0.25) is 5.28 Å². The lowest BCUT2D eigenvalue weighted by Crippen LogP contribution is -2.15. The number of aromatic amines is 1. The SMILES string of the molecule is CC1(C)c2ccccc2-c2ccc(-n3ccc4cc5c(cc43)[nH]c3ccccc35)cc21.CC1(C)c2ccccc2-c2ccc(-n3ccc4cc5c6ccccc6n(-c6nc(-c7ccccc7)c7ccccc7n6)c5cc43)cc21.Clc1nc(-c2ccccc2)c2ccccc2n1. The first kappa shape index (κ1) is 56.1. The van der Waals surface area contributed by atoms with Crippen LogP contribution in [0.5, 0.6) is 0 Å². The highest BCUT2D eigenvalue weighted by atomic mass is 35.5. The topological polar surface area (TPSA) is 82.1 Å². The number of nitrogens with one attached hydrogen (secondary N) is 1. The van der Waals surface area contributed by atoms with Gasteiger partial charge < -0.3 is 14.1 Å². The molecular formula is C86H61ClN8. The molecule has 2 aliphatic rings. The number of hydrogen-bond acceptors (Lipinski definition) is 4. The van der Waals surface area contributed by atoms with Crippen LogP contribution in [0.15, 0.2) is 291 Å². The lowest BCUT2D eigenvalue weighted by molar-refractivity contribution is 0.659. The van der Waals surface area contributed by atoms with Gasteiger partial charge >= 0.3 is 0 Å². The van der Waals surface area contributed by atoms with Crippen LogP contribution < -0.4 is 0 Å². The minimum absolute atomic E-state index is 0.00927. The van der Waals surface area contributed by atoms with Crippen molar-refractivity contribution < 1.29 is 0 Å². The lowest BCUT2D eigenvalue weighted by Gasteiger charge is -2.22. The zero-order valence-electron chi connectivity index (χ0n) is 52.7. The van der Waals surface area contributed by atoms with Gasteiger partial charge in [-0.3, -0.25) is 4.57 Å². The smallest absolute Gasteiger partial charge is 0.235 e. The van der Waals surface area contributed by atoms with E-state index in [1.807, 2.05) is 66.7 Å². The van der Waals surface area contributed by atoms with Crippen molar-refractivity contribution in [1.29, 1.82) is 0 Å². The Morgan fingerprint density at radius 3 is 1.41 bits per heavy atom. The van der Waals surface area contributed by atoms with Crippen LogP contribution in [0.25, 0.3) is 149 Å². The van der Waals surface area contributed by atoms with E-state index in [-0.39, 0.29) is 16.1 Å². The Balaban J connectivity index is 0.000000117. The molecule has 20 rings (SSSR count). The van der Waals surface area contributed by atoms with Gasteiger partial charge in [-0.2, -0.15) is 0 Å². The molecule has 0 saturated heterocycles. The first-order valence-electron chi connectivity index (χ1n) is 32.4. The minimum Gasteiger partial charge on any atom is -0.354 e. The molecule has 8 nitrogen and oxygen atoms in total. The van der Waals surface area contributed by atoms with Gasteiger partial charge in [0.05, 0.1) is 44.5 Å². The summed E-state index contributed by atoms with van der Waals surface area (Å²) < 4.78 is 6.88. The van der Waals surface area contributed by atoms with Gasteiger partial charge in [0.15, 0.2) is 0 Å². The summed E-state index contributed by atoms with van der Waals surface area (Å²) in [5.41, 5.74) is 25.9. The van der Waals surface area contributed by atoms with Crippen LogP contribution in [0.4, 0.5) is 0 Å². The average molecular weight is 1240 g/mol. The highest BCUT2D eigenvalue weighted by Gasteiger charge is 2.37. The molecule has 0 unspecified atom stereocenters. The van der Waals surface area contributed by atoms with Crippen molar-refractivity contribution in [3.63, 3.8) is 0 Å². The van der Waals surface area contributed by atoms with Crippen molar-refractivity contribution in [3.8, 4) is 62.1 Å². The summed E-state index contributed by atoms with van der Waals surface area (Å²) in [6.07, 6.45) is 4.40. The van der Waals surface area contributed by atoms with E-state index in [0.717, 1.165) is 66.6 Å². The second kappa shape index (κ2) is 21.7. The first-order valence-corrected chi connectivity index (χ1v) is 32.8. The molecule has 0 amide bonds. The number of aromatic nitrogens is 8. The zero-order chi connectivity index (χ0) is 63.7. The molecule has 0 bridgehead atoms. The number of hydrogen-bond donors (Lipinski definition) is 1. The van der Waals surface area contributed by atoms with Crippen molar-refractivity contribution in [1.82, 2.24) is 38.6 Å². The van der Waals surface area contributed by atoms with Gasteiger partial charge in [0.2, 0.25) is 11.2 Å². The van der Waals surface area contributed by atoms with E-state index >= 15 is 0 Å². The van der Waals surface area contributed by atoms with E-state index < -0.39 is 0 Å². The Morgan fingerprint density at radius 2 is 0.800 bits per heavy atom. The molecule has 6 heterocycles. The molecule has 6 aromatic heterocycles. The predicted octanol–water partition coefficient (Wildman–Crippen LogP) is 22.2. The molecule has 9 heteroatoms. The van der Waals surface area contributed by atoms with Crippen molar-refractivity contribution in [2.45, 2.75) is 38.5 Å². The molecular weight excluding hydrogens is 1180 g/mol. The normalized spacial score (nSPS) is 13.3. The third kappa shape index (κ3) is 9.04. The van der Waals surface area contributed by atoms with E-state index in [4.69, 9.17) is 21.6 Å². The Morgan fingerprint density at radius 1 is 0.326 bits per heavy atom. The number of rotatable bonds is 5. The number of benzene rings is 12. The Hall–Kier alpha value is -11.7. The van der Waals surface area contributed by atoms with Gasteiger partial charge in [0.1, 0.15) is 0 Å². The van der Waals surface area contributed by atoms with Crippen LogP contribution in [0, 0.1) is 0 Å². The molecule has 0 radical (unpaired) electrons. The van der Waals surface area contributed by atoms with E-state index in [1.165, 1.54) is 99.1 Å². The third-order valence-electron chi connectivity index (χ3n) is 20.0. The Bertz CT molecular complexity index is 6130. The number of halogens is 1. The van der Waals surface area contributed by atoms with Crippen LogP contribution in [0.1, 0.15) is 49.9 Å². The molecule has 1 N–H and O–H groups in total. The number of para-hydroxylation sites is 4. The van der Waals surface area contributed by atoms with E-state index in [9.17, 15) is 0 Å². The first-order chi connectivity index (χ1) is 46.5. The van der Waals surface area contributed by atoms with Gasteiger partial charge in [0, 0.05) is 99.8 Å². The quantitative estimate of drug-likeness (QED) is 0.174. The lowest BCUT2D eigenvalue weighted by atomic mass is 9.82. The third-order valence-corrected chi connectivity index (χ3v) is 20.1. The maximum atomic E-state index is 5.95. The largest absolute Gasteiger partial charge is 0.354 e. The molecule has 0 aliphatic heterocycles. The average Bonchev–Trinajstić information content (AvgIpc) is 1.61. The standard InChI is InChI=1S/C43H30N4.C29H22N2.C14H9ClN2/c1-43(2)35-17-9-6-14-30(35)31-21-20-29(25-36(31)43)46-23-22-28-24-34-32-15-8-11-19-38(32)47(40(34)26-39(28)46)42-44-37-18-10-7-16-33(37)41(45-42)27-12-4-3-5-13-27;1-29(2)24-9-5-3-7-20(24)21-12-11-19(16-25(21)29)31-14-13-18-15-23-22-8-4-6-10-26(22)30-27(23)17-28(18)31;15-14-16-12-9-5-4-8-11(12)13(17-14)10-6-2-1-3-7-10/h3-26H,1-2H3;3-17,30H,1-2H3;1-9H. The zero-order valence-corrected chi connectivity index (χ0v) is 53.5. The maximum absolute atomic E-state index is 5.95. The van der Waals surface area contributed by atoms with Gasteiger partial charge in [-0.25, -0.2) is 19.9 Å². The highest BCUT2D eigenvalue weighted by molar-refractivity contribution is 6.29. The van der Waals surface area contributed by atoms with Crippen LogP contribution in [-0.4, -0.2) is 38.6 Å². The predicted molar refractivity (Wildman–Crippen MR) is 394 cm³/mol. The van der Waals surface area contributed by atoms with Crippen molar-refractivity contribution in [3.05, 3.63) is 319 Å². The summed E-state index contributed by atoms with van der Waals surface area (Å²) >= 11 is 5.95. The summed E-state index contributed by atoms with van der Waals surface area (Å²) in [5, 5.41) is 9.75. The fourth-order valence-electron chi connectivity index (χ4n) is 15.3. The molecule has 95 heavy (non-hydrogen) atoms. The Kier molecular flexibility index (Phi) is 12.8. The second-order valence-corrected chi connectivity index (χ2v) is 26.4. The van der Waals surface area contributed by atoms with Crippen molar-refractivity contribution >= 4 is 98.8 Å². The maximum Gasteiger partial charge on any atom is 0.235 e. The number of nitrogens with zero attached hydrogens (tertiary/aromatic N) is 7. The number of fused-ring (bicyclic) bond motifs is 16. The molecule has 0 spiro atoms. The highest BCUT2D eigenvalue weighted by Crippen LogP contribution is 2.51. The summed E-state index contributed by atoms with van der Waals surface area (Å²) in [6, 6.07) is 98.9. The number of H-pyrrole nitrogens is 1. The fraction of sp³-hybridized carbons (Fsp3) is 0.0698. The molecule has 18 aromatic rings. The van der Waals surface area contributed by atoms with Crippen LogP contribution >= 0.6 is 11.6 Å². The monoisotopic (exact) mass is 1240 g/mol. The van der Waals surface area contributed by atoms with Crippen molar-refractivity contribution in [2.24, 2.45) is 0 Å². The summed E-state index contributed by atoms with van der Waals surface area (Å²) in [5.74, 6) is 0.670. The minimum atomic E-state index is -0.0610. The van der Waals surface area contributed by atoms with Gasteiger partial charge in [-0.05, 0) is 141 Å². The molecule has 0 atom stereocenters. The van der Waals surface area contributed by atoms with Gasteiger partial charge in [-0.1, -0.05) is 222 Å². The van der Waals surface area contributed by atoms with E-state index in [2.05, 4.69) is 281 Å². The molecule has 0 fully saturated rings. The van der Waals surface area contributed by atoms with Crippen LogP contribution in [0.3, 0.4) is 0 Å².